The van der Waals surface area contributed by atoms with E-state index >= 15 is 0 Å². The van der Waals surface area contributed by atoms with Crippen molar-refractivity contribution in [2.75, 3.05) is 13.1 Å². The summed E-state index contributed by atoms with van der Waals surface area (Å²) in [4.78, 5) is 4.42. The summed E-state index contributed by atoms with van der Waals surface area (Å²) in [5.41, 5.74) is 4.33. The van der Waals surface area contributed by atoms with Gasteiger partial charge in [0.15, 0.2) is 0 Å². The second-order valence-corrected chi connectivity index (χ2v) is 5.89. The van der Waals surface area contributed by atoms with Crippen molar-refractivity contribution in [3.63, 3.8) is 0 Å². The van der Waals surface area contributed by atoms with Gasteiger partial charge in [0.1, 0.15) is 18.2 Å². The Kier molecular flexibility index (Phi) is 4.34. The first-order chi connectivity index (χ1) is 10.6. The summed E-state index contributed by atoms with van der Waals surface area (Å²) in [5.74, 6) is 1.83. The number of ether oxygens (including phenoxy) is 1. The fraction of sp³-hybridized carbons (Fsp3) is 0.278. The van der Waals surface area contributed by atoms with E-state index in [4.69, 9.17) is 16.3 Å². The van der Waals surface area contributed by atoms with Crippen LogP contribution in [0.5, 0.6) is 5.75 Å². The molecule has 0 radical (unpaired) electrons. The summed E-state index contributed by atoms with van der Waals surface area (Å²) >= 11 is 6.17. The molecule has 114 valence electrons. The molecule has 0 saturated carbocycles. The molecule has 0 fully saturated rings. The van der Waals surface area contributed by atoms with E-state index in [-0.39, 0.29) is 0 Å². The van der Waals surface area contributed by atoms with Gasteiger partial charge < -0.3 is 10.1 Å². The minimum Gasteiger partial charge on any atom is -0.489 e. The first-order valence-electron chi connectivity index (χ1n) is 7.40. The maximum Gasteiger partial charge on any atom is 0.128 e. The normalized spacial score (nSPS) is 13.7. The Morgan fingerprint density at radius 1 is 1.14 bits per heavy atom. The lowest BCUT2D eigenvalue weighted by Gasteiger charge is -2.10. The van der Waals surface area contributed by atoms with Crippen molar-refractivity contribution in [1.82, 2.24) is 5.32 Å². The van der Waals surface area contributed by atoms with Crippen molar-refractivity contribution in [3.8, 4) is 5.75 Å². The number of nitrogens with one attached hydrogen (secondary N) is 1. The minimum atomic E-state index is 0.542. The van der Waals surface area contributed by atoms with E-state index in [1.54, 1.807) is 0 Å². The third-order valence-corrected chi connectivity index (χ3v) is 4.31. The summed E-state index contributed by atoms with van der Waals surface area (Å²) < 4.78 is 5.87. The van der Waals surface area contributed by atoms with Crippen LogP contribution in [-0.4, -0.2) is 18.9 Å². The van der Waals surface area contributed by atoms with Gasteiger partial charge in [-0.15, -0.1) is 0 Å². The second-order valence-electron chi connectivity index (χ2n) is 5.51. The number of aliphatic imine (C=N–C) groups is 1. The molecule has 0 spiro atoms. The molecular formula is C18H19ClN2O. The highest BCUT2D eigenvalue weighted by Gasteiger charge is 2.08. The summed E-state index contributed by atoms with van der Waals surface area (Å²) in [5, 5.41) is 4.08. The highest BCUT2D eigenvalue weighted by Crippen LogP contribution is 2.26. The van der Waals surface area contributed by atoms with Crippen LogP contribution in [0.4, 0.5) is 0 Å². The second kappa shape index (κ2) is 6.41. The number of hydrogen-bond donors (Lipinski definition) is 1. The van der Waals surface area contributed by atoms with E-state index in [2.05, 4.69) is 34.6 Å². The van der Waals surface area contributed by atoms with Gasteiger partial charge in [-0.05, 0) is 42.7 Å². The van der Waals surface area contributed by atoms with E-state index < -0.39 is 0 Å². The third-order valence-electron chi connectivity index (χ3n) is 3.72. The van der Waals surface area contributed by atoms with E-state index in [1.165, 1.54) is 0 Å². The number of hydrogen-bond acceptors (Lipinski definition) is 3. The van der Waals surface area contributed by atoms with Crippen LogP contribution in [0.25, 0.3) is 0 Å². The van der Waals surface area contributed by atoms with Crippen molar-refractivity contribution in [2.45, 2.75) is 20.5 Å². The summed E-state index contributed by atoms with van der Waals surface area (Å²) in [7, 11) is 0. The van der Waals surface area contributed by atoms with E-state index in [9.17, 15) is 0 Å². The Balaban J connectivity index is 1.66. The molecule has 0 atom stereocenters. The van der Waals surface area contributed by atoms with E-state index in [1.807, 2.05) is 26.0 Å². The smallest absolute Gasteiger partial charge is 0.128 e. The molecule has 3 rings (SSSR count). The van der Waals surface area contributed by atoms with Crippen LogP contribution in [0.1, 0.15) is 22.3 Å². The van der Waals surface area contributed by atoms with Gasteiger partial charge in [0.05, 0.1) is 6.54 Å². The average Bonchev–Trinajstić information content (AvgIpc) is 3.05. The van der Waals surface area contributed by atoms with Crippen LogP contribution in [-0.2, 0) is 6.61 Å². The predicted molar refractivity (Wildman–Crippen MR) is 91.1 cm³/mol. The molecule has 0 aromatic heterocycles. The quantitative estimate of drug-likeness (QED) is 0.929. The number of aryl methyl sites for hydroxylation is 2. The fourth-order valence-electron chi connectivity index (χ4n) is 2.51. The number of halogens is 1. The highest BCUT2D eigenvalue weighted by atomic mass is 35.5. The molecule has 2 aromatic rings. The van der Waals surface area contributed by atoms with Crippen molar-refractivity contribution in [3.05, 3.63) is 63.7 Å². The number of nitrogens with zero attached hydrogens (tertiary/aromatic N) is 1. The van der Waals surface area contributed by atoms with Gasteiger partial charge in [0.25, 0.3) is 0 Å². The molecule has 2 aromatic carbocycles. The van der Waals surface area contributed by atoms with Gasteiger partial charge in [0, 0.05) is 17.1 Å². The number of benzene rings is 2. The zero-order valence-electron chi connectivity index (χ0n) is 12.8. The van der Waals surface area contributed by atoms with E-state index in [0.717, 1.165) is 52.0 Å². The van der Waals surface area contributed by atoms with Crippen molar-refractivity contribution < 1.29 is 4.74 Å². The molecular weight excluding hydrogens is 296 g/mol. The van der Waals surface area contributed by atoms with Crippen LogP contribution in [0.3, 0.4) is 0 Å². The maximum atomic E-state index is 6.17. The van der Waals surface area contributed by atoms with Gasteiger partial charge in [-0.1, -0.05) is 35.9 Å². The van der Waals surface area contributed by atoms with Crippen LogP contribution < -0.4 is 10.1 Å². The minimum absolute atomic E-state index is 0.542. The van der Waals surface area contributed by atoms with Crippen molar-refractivity contribution >= 4 is 17.4 Å². The Hall–Kier alpha value is -2.00. The van der Waals surface area contributed by atoms with Gasteiger partial charge >= 0.3 is 0 Å². The summed E-state index contributed by atoms with van der Waals surface area (Å²) in [6, 6.07) is 12.3. The zero-order chi connectivity index (χ0) is 15.5. The molecule has 4 heteroatoms. The highest BCUT2D eigenvalue weighted by molar-refractivity contribution is 6.32. The predicted octanol–water partition coefficient (Wildman–Crippen LogP) is 3.89. The Labute approximate surface area is 136 Å². The van der Waals surface area contributed by atoms with Gasteiger partial charge in [-0.3, -0.25) is 4.99 Å². The van der Waals surface area contributed by atoms with Crippen LogP contribution >= 0.6 is 11.6 Å². The monoisotopic (exact) mass is 314 g/mol. The Morgan fingerprint density at radius 2 is 1.82 bits per heavy atom. The lowest BCUT2D eigenvalue weighted by atomic mass is 10.1. The molecule has 1 aliphatic rings. The SMILES string of the molecule is Cc1cc(OCc2ccc(C3=NCCN3)cc2)cc(C)c1Cl. The number of amidine groups is 1. The van der Waals surface area contributed by atoms with E-state index in [0.29, 0.717) is 6.61 Å². The van der Waals surface area contributed by atoms with Crippen molar-refractivity contribution in [2.24, 2.45) is 4.99 Å². The Bertz CT molecular complexity index is 685. The van der Waals surface area contributed by atoms with Crippen LogP contribution in [0.2, 0.25) is 5.02 Å². The van der Waals surface area contributed by atoms with Gasteiger partial charge in [-0.25, -0.2) is 0 Å². The molecule has 1 N–H and O–H groups in total. The lowest BCUT2D eigenvalue weighted by Crippen LogP contribution is -2.19. The molecule has 0 aliphatic carbocycles. The first kappa shape index (κ1) is 14.9. The molecule has 0 unspecified atom stereocenters. The maximum absolute atomic E-state index is 6.17. The number of rotatable bonds is 4. The average molecular weight is 315 g/mol. The molecule has 0 bridgehead atoms. The largest absolute Gasteiger partial charge is 0.489 e. The summed E-state index contributed by atoms with van der Waals surface area (Å²) in [6.45, 7) is 6.31. The topological polar surface area (TPSA) is 33.6 Å². The Morgan fingerprint density at radius 3 is 2.41 bits per heavy atom. The lowest BCUT2D eigenvalue weighted by molar-refractivity contribution is 0.306. The van der Waals surface area contributed by atoms with Crippen molar-refractivity contribution in [1.29, 1.82) is 0 Å². The molecule has 1 aliphatic heterocycles. The van der Waals surface area contributed by atoms with Crippen LogP contribution in [0.15, 0.2) is 41.4 Å². The molecule has 0 amide bonds. The summed E-state index contributed by atoms with van der Waals surface area (Å²) in [6.07, 6.45) is 0. The zero-order valence-corrected chi connectivity index (χ0v) is 13.6. The molecule has 1 heterocycles. The fourth-order valence-corrected chi connectivity index (χ4v) is 2.62. The molecule has 3 nitrogen and oxygen atoms in total. The third kappa shape index (κ3) is 3.25. The molecule has 22 heavy (non-hydrogen) atoms. The standard InChI is InChI=1S/C18H19ClN2O/c1-12-9-16(10-13(2)17(12)19)22-11-14-3-5-15(6-4-14)18-20-7-8-21-18/h3-6,9-10H,7-8,11H2,1-2H3,(H,20,21). The van der Waals surface area contributed by atoms with Crippen LogP contribution in [0, 0.1) is 13.8 Å². The van der Waals surface area contributed by atoms with Gasteiger partial charge in [0.2, 0.25) is 0 Å². The van der Waals surface area contributed by atoms with Gasteiger partial charge in [-0.2, -0.15) is 0 Å². The first-order valence-corrected chi connectivity index (χ1v) is 7.78. The molecule has 0 saturated heterocycles.